The summed E-state index contributed by atoms with van der Waals surface area (Å²) in [6.07, 6.45) is -0.947. The Labute approximate surface area is 185 Å². The van der Waals surface area contributed by atoms with E-state index >= 15 is 0 Å². The number of halogens is 1. The number of hydrogen-bond acceptors (Lipinski definition) is 6. The van der Waals surface area contributed by atoms with Crippen molar-refractivity contribution in [1.29, 1.82) is 0 Å². The molecule has 0 spiro atoms. The molecule has 0 saturated carbocycles. The lowest BCUT2D eigenvalue weighted by atomic mass is 10.1. The van der Waals surface area contributed by atoms with Crippen molar-refractivity contribution in [3.05, 3.63) is 75.3 Å². The van der Waals surface area contributed by atoms with Crippen molar-refractivity contribution in [3.8, 4) is 11.5 Å². The third kappa shape index (κ3) is 5.70. The van der Waals surface area contributed by atoms with Crippen molar-refractivity contribution in [2.75, 3.05) is 6.61 Å². The van der Waals surface area contributed by atoms with Crippen LogP contribution in [0.3, 0.4) is 0 Å². The highest BCUT2D eigenvalue weighted by Crippen LogP contribution is 2.32. The molecule has 0 aliphatic heterocycles. The zero-order valence-corrected chi connectivity index (χ0v) is 17.9. The van der Waals surface area contributed by atoms with E-state index < -0.39 is 22.8 Å². The Morgan fingerprint density at radius 1 is 1.06 bits per heavy atom. The normalized spacial score (nSPS) is 11.4. The highest BCUT2D eigenvalue weighted by Gasteiger charge is 2.16. The van der Waals surface area contributed by atoms with E-state index in [4.69, 9.17) is 9.47 Å². The van der Waals surface area contributed by atoms with Crippen LogP contribution in [0.25, 0.3) is 10.8 Å². The van der Waals surface area contributed by atoms with Crippen LogP contribution in [0.1, 0.15) is 6.92 Å². The number of carbonyl (C=O) groups excluding carboxylic acids is 2. The molecule has 0 aliphatic rings. The number of nitrogens with one attached hydrogen (secondary N) is 2. The van der Waals surface area contributed by atoms with Crippen LogP contribution in [0.15, 0.2) is 65.1 Å². The molecule has 0 radical (unpaired) electrons. The molecule has 0 bridgehead atoms. The van der Waals surface area contributed by atoms with Crippen LogP contribution in [0.4, 0.5) is 5.69 Å². The van der Waals surface area contributed by atoms with E-state index in [1.54, 1.807) is 6.07 Å². The third-order valence-corrected chi connectivity index (χ3v) is 5.06. The van der Waals surface area contributed by atoms with Gasteiger partial charge in [0.2, 0.25) is 0 Å². The number of hydrogen-bond donors (Lipinski definition) is 2. The molecule has 2 amide bonds. The fourth-order valence-electron chi connectivity index (χ4n) is 2.64. The SMILES string of the molecule is CC(Oc1ccc([N+](=O)[O-])cc1)C(=O)NNC(=O)COc1ccc2ccccc2c1Br. The van der Waals surface area contributed by atoms with Gasteiger partial charge in [-0.3, -0.25) is 30.6 Å². The largest absolute Gasteiger partial charge is 0.483 e. The van der Waals surface area contributed by atoms with Crippen molar-refractivity contribution in [2.45, 2.75) is 13.0 Å². The molecule has 3 aromatic carbocycles. The van der Waals surface area contributed by atoms with E-state index in [2.05, 4.69) is 26.8 Å². The van der Waals surface area contributed by atoms with Crippen molar-refractivity contribution in [2.24, 2.45) is 0 Å². The predicted octanol–water partition coefficient (Wildman–Crippen LogP) is 3.50. The van der Waals surface area contributed by atoms with Crippen LogP contribution in [0.2, 0.25) is 0 Å². The zero-order chi connectivity index (χ0) is 22.4. The van der Waals surface area contributed by atoms with Crippen LogP contribution in [0.5, 0.6) is 11.5 Å². The summed E-state index contributed by atoms with van der Waals surface area (Å²) in [5.74, 6) is -0.381. The number of fused-ring (bicyclic) bond motifs is 1. The minimum absolute atomic E-state index is 0.0882. The molecule has 0 saturated heterocycles. The van der Waals surface area contributed by atoms with E-state index in [9.17, 15) is 19.7 Å². The molecule has 1 atom stereocenters. The molecule has 2 N–H and O–H groups in total. The Morgan fingerprint density at radius 3 is 2.48 bits per heavy atom. The van der Waals surface area contributed by atoms with Gasteiger partial charge in [0.15, 0.2) is 12.7 Å². The topological polar surface area (TPSA) is 120 Å². The number of nitro groups is 1. The quantitative estimate of drug-likeness (QED) is 0.388. The molecule has 1 unspecified atom stereocenters. The first-order valence-corrected chi connectivity index (χ1v) is 9.94. The highest BCUT2D eigenvalue weighted by molar-refractivity contribution is 9.10. The van der Waals surface area contributed by atoms with Crippen molar-refractivity contribution in [3.63, 3.8) is 0 Å². The van der Waals surface area contributed by atoms with E-state index in [1.807, 2.05) is 30.3 Å². The first-order valence-electron chi connectivity index (χ1n) is 9.15. The maximum atomic E-state index is 12.1. The second-order valence-corrected chi connectivity index (χ2v) is 7.23. The number of ether oxygens (including phenoxy) is 2. The maximum Gasteiger partial charge on any atom is 0.279 e. The molecule has 0 aliphatic carbocycles. The van der Waals surface area contributed by atoms with Crippen molar-refractivity contribution in [1.82, 2.24) is 10.9 Å². The molecule has 160 valence electrons. The monoisotopic (exact) mass is 487 g/mol. The van der Waals surface area contributed by atoms with Crippen LogP contribution >= 0.6 is 15.9 Å². The number of nitrogens with zero attached hydrogens (tertiary/aromatic N) is 1. The molecule has 31 heavy (non-hydrogen) atoms. The van der Waals surface area contributed by atoms with Crippen LogP contribution < -0.4 is 20.3 Å². The fourth-order valence-corrected chi connectivity index (χ4v) is 3.25. The van der Waals surface area contributed by atoms with E-state index in [-0.39, 0.29) is 18.0 Å². The van der Waals surface area contributed by atoms with Gasteiger partial charge in [-0.25, -0.2) is 0 Å². The van der Waals surface area contributed by atoms with Gasteiger partial charge in [-0.2, -0.15) is 0 Å². The Kier molecular flexibility index (Phi) is 7.03. The summed E-state index contributed by atoms with van der Waals surface area (Å²) in [5, 5.41) is 12.6. The number of carbonyl (C=O) groups is 2. The molecular weight excluding hydrogens is 470 g/mol. The molecule has 0 aromatic heterocycles. The zero-order valence-electron chi connectivity index (χ0n) is 16.3. The Balaban J connectivity index is 1.47. The van der Waals surface area contributed by atoms with Crippen molar-refractivity contribution >= 4 is 44.2 Å². The van der Waals surface area contributed by atoms with E-state index in [0.29, 0.717) is 5.75 Å². The average Bonchev–Trinajstić information content (AvgIpc) is 2.77. The van der Waals surface area contributed by atoms with Gasteiger partial charge in [-0.05, 0) is 51.8 Å². The molecule has 3 aromatic rings. The lowest BCUT2D eigenvalue weighted by Crippen LogP contribution is -2.48. The number of hydrazine groups is 1. The summed E-state index contributed by atoms with van der Waals surface area (Å²) >= 11 is 3.48. The summed E-state index contributed by atoms with van der Waals surface area (Å²) in [7, 11) is 0. The predicted molar refractivity (Wildman–Crippen MR) is 117 cm³/mol. The molecule has 3 rings (SSSR count). The summed E-state index contributed by atoms with van der Waals surface area (Å²) < 4.78 is 11.7. The number of rotatable bonds is 7. The number of amides is 2. The second-order valence-electron chi connectivity index (χ2n) is 6.44. The Bertz CT molecular complexity index is 1120. The summed E-state index contributed by atoms with van der Waals surface area (Å²) in [6, 6.07) is 16.7. The standard InChI is InChI=1S/C21H18BrN3O6/c1-13(31-16-9-7-15(8-10-16)25(28)29)21(27)24-23-19(26)12-30-18-11-6-14-4-2-3-5-17(14)20(18)22/h2-11,13H,12H2,1H3,(H,23,26)(H,24,27). The van der Waals surface area contributed by atoms with Gasteiger partial charge in [0.1, 0.15) is 11.5 Å². The van der Waals surface area contributed by atoms with Gasteiger partial charge in [0.25, 0.3) is 17.5 Å². The molecule has 9 nitrogen and oxygen atoms in total. The first-order chi connectivity index (χ1) is 14.8. The van der Waals surface area contributed by atoms with Gasteiger partial charge in [0.05, 0.1) is 9.40 Å². The van der Waals surface area contributed by atoms with Crippen LogP contribution in [-0.2, 0) is 9.59 Å². The Morgan fingerprint density at radius 2 is 1.77 bits per heavy atom. The summed E-state index contributed by atoms with van der Waals surface area (Å²) in [6.45, 7) is 1.17. The van der Waals surface area contributed by atoms with Crippen LogP contribution in [-0.4, -0.2) is 29.4 Å². The second kappa shape index (κ2) is 9.90. The number of benzene rings is 3. The average molecular weight is 488 g/mol. The van der Waals surface area contributed by atoms with Gasteiger partial charge in [-0.15, -0.1) is 0 Å². The molecule has 10 heteroatoms. The van der Waals surface area contributed by atoms with Crippen LogP contribution in [0, 0.1) is 10.1 Å². The van der Waals surface area contributed by atoms with E-state index in [1.165, 1.54) is 31.2 Å². The third-order valence-electron chi connectivity index (χ3n) is 4.24. The first kappa shape index (κ1) is 22.0. The maximum absolute atomic E-state index is 12.1. The van der Waals surface area contributed by atoms with Gasteiger partial charge < -0.3 is 9.47 Å². The Hall–Kier alpha value is -3.66. The number of nitro benzene ring substituents is 1. The van der Waals surface area contributed by atoms with Crippen molar-refractivity contribution < 1.29 is 24.0 Å². The van der Waals surface area contributed by atoms with Gasteiger partial charge in [0, 0.05) is 12.1 Å². The smallest absolute Gasteiger partial charge is 0.279 e. The lowest BCUT2D eigenvalue weighted by Gasteiger charge is -2.15. The highest BCUT2D eigenvalue weighted by atomic mass is 79.9. The fraction of sp³-hybridized carbons (Fsp3) is 0.143. The number of non-ortho nitro benzene ring substituents is 1. The minimum Gasteiger partial charge on any atom is -0.483 e. The molecule has 0 fully saturated rings. The summed E-state index contributed by atoms with van der Waals surface area (Å²) in [4.78, 5) is 34.2. The molecular formula is C21H18BrN3O6. The van der Waals surface area contributed by atoms with E-state index in [0.717, 1.165) is 15.2 Å². The van der Waals surface area contributed by atoms with Gasteiger partial charge in [-0.1, -0.05) is 30.3 Å². The van der Waals surface area contributed by atoms with Gasteiger partial charge >= 0.3 is 0 Å². The minimum atomic E-state index is -0.947. The molecule has 0 heterocycles. The summed E-state index contributed by atoms with van der Waals surface area (Å²) in [5.41, 5.74) is 4.41. The lowest BCUT2D eigenvalue weighted by molar-refractivity contribution is -0.384.